The second kappa shape index (κ2) is 7.38. The van der Waals surface area contributed by atoms with Crippen LogP contribution in [0.2, 0.25) is 0 Å². The van der Waals surface area contributed by atoms with Gasteiger partial charge < -0.3 is 5.32 Å². The first-order valence-electron chi connectivity index (χ1n) is 10.4. The van der Waals surface area contributed by atoms with Crippen molar-refractivity contribution in [3.8, 4) is 11.3 Å². The quantitative estimate of drug-likeness (QED) is 0.551. The van der Waals surface area contributed by atoms with Crippen LogP contribution in [0.15, 0.2) is 53.0 Å². The zero-order valence-electron chi connectivity index (χ0n) is 17.1. The molecule has 3 aromatic rings. The summed E-state index contributed by atoms with van der Waals surface area (Å²) >= 11 is 3.48. The Kier molecular flexibility index (Phi) is 4.77. The summed E-state index contributed by atoms with van der Waals surface area (Å²) in [7, 11) is 0. The lowest BCUT2D eigenvalue weighted by atomic mass is 9.64. The average Bonchev–Trinajstić information content (AvgIpc) is 2.75. The number of ketones is 2. The number of carbonyl (C=O) groups is 3. The molecule has 0 aliphatic heterocycles. The minimum absolute atomic E-state index is 0.128. The van der Waals surface area contributed by atoms with E-state index in [0.717, 1.165) is 22.0 Å². The number of hydrogen-bond acceptors (Lipinski definition) is 4. The standard InChI is InChI=1S/C25H21BrN2O3/c1-14-22(24(31)28-25-10-9-15(11-20(25)29)12-21(25)30)18-13-17(26)7-8-19(18)27-23(14)16-5-3-2-4-6-16/h2-8,13,15H,9-12H2,1H3,(H,28,31). The number of pyridine rings is 1. The first-order chi connectivity index (χ1) is 14.9. The van der Waals surface area contributed by atoms with Crippen LogP contribution in [0.5, 0.6) is 0 Å². The number of nitrogens with one attached hydrogen (secondary N) is 1. The zero-order valence-corrected chi connectivity index (χ0v) is 18.7. The summed E-state index contributed by atoms with van der Waals surface area (Å²) in [5.74, 6) is -0.590. The smallest absolute Gasteiger partial charge is 0.253 e. The number of nitrogens with zero attached hydrogens (tertiary/aromatic N) is 1. The molecular formula is C25H21BrN2O3. The molecule has 0 saturated heterocycles. The van der Waals surface area contributed by atoms with E-state index < -0.39 is 11.4 Å². The molecule has 1 amide bonds. The largest absolute Gasteiger partial charge is 0.333 e. The molecule has 2 aromatic carbocycles. The van der Waals surface area contributed by atoms with Crippen molar-refractivity contribution in [2.75, 3.05) is 0 Å². The third-order valence-electron chi connectivity index (χ3n) is 6.62. The van der Waals surface area contributed by atoms with Crippen LogP contribution in [-0.4, -0.2) is 28.0 Å². The van der Waals surface area contributed by atoms with E-state index in [0.29, 0.717) is 41.4 Å². The fourth-order valence-electron chi connectivity index (χ4n) is 4.96. The zero-order chi connectivity index (χ0) is 21.8. The number of fused-ring (bicyclic) bond motifs is 4. The van der Waals surface area contributed by atoms with E-state index in [1.54, 1.807) is 0 Å². The first kappa shape index (κ1) is 20.1. The summed E-state index contributed by atoms with van der Waals surface area (Å²) in [6.07, 6.45) is 1.90. The molecule has 0 atom stereocenters. The predicted octanol–water partition coefficient (Wildman–Crippen LogP) is 4.78. The van der Waals surface area contributed by atoms with E-state index in [4.69, 9.17) is 4.98 Å². The highest BCUT2D eigenvalue weighted by Gasteiger charge is 2.54. The third kappa shape index (κ3) is 3.21. The molecule has 5 nitrogen and oxygen atoms in total. The number of carbonyl (C=O) groups excluding carboxylic acids is 3. The Morgan fingerprint density at radius 1 is 1.10 bits per heavy atom. The summed E-state index contributed by atoms with van der Waals surface area (Å²) in [6.45, 7) is 1.86. The summed E-state index contributed by atoms with van der Waals surface area (Å²) in [5.41, 5.74) is 2.08. The maximum absolute atomic E-state index is 13.7. The van der Waals surface area contributed by atoms with Crippen molar-refractivity contribution in [1.82, 2.24) is 10.3 Å². The maximum Gasteiger partial charge on any atom is 0.253 e. The van der Waals surface area contributed by atoms with Crippen molar-refractivity contribution in [3.05, 3.63) is 64.1 Å². The van der Waals surface area contributed by atoms with Crippen LogP contribution in [0.25, 0.3) is 22.2 Å². The number of aromatic nitrogens is 1. The molecule has 6 heteroatoms. The number of hydrogen-bond donors (Lipinski definition) is 1. The minimum Gasteiger partial charge on any atom is -0.333 e. The number of benzene rings is 2. The molecule has 0 radical (unpaired) electrons. The fourth-order valence-corrected chi connectivity index (χ4v) is 5.32. The van der Waals surface area contributed by atoms with Crippen LogP contribution in [0.1, 0.15) is 41.6 Å². The van der Waals surface area contributed by atoms with Crippen LogP contribution in [-0.2, 0) is 9.59 Å². The van der Waals surface area contributed by atoms with Gasteiger partial charge in [0, 0.05) is 28.3 Å². The Labute approximate surface area is 188 Å². The number of halogens is 1. The average molecular weight is 477 g/mol. The van der Waals surface area contributed by atoms with Crippen LogP contribution in [0.3, 0.4) is 0 Å². The SMILES string of the molecule is Cc1c(-c2ccccc2)nc2ccc(Br)cc2c1C(=O)NC12CCC(CC1=O)CC2=O. The monoisotopic (exact) mass is 476 g/mol. The van der Waals surface area contributed by atoms with Crippen LogP contribution < -0.4 is 5.32 Å². The van der Waals surface area contributed by atoms with E-state index >= 15 is 0 Å². The lowest BCUT2D eigenvalue weighted by Gasteiger charge is -2.43. The van der Waals surface area contributed by atoms with Crippen LogP contribution >= 0.6 is 15.9 Å². The van der Waals surface area contributed by atoms with E-state index in [9.17, 15) is 14.4 Å². The molecule has 156 valence electrons. The normalized spacial score (nSPS) is 22.7. The van der Waals surface area contributed by atoms with Gasteiger partial charge in [-0.1, -0.05) is 46.3 Å². The minimum atomic E-state index is -1.38. The second-order valence-corrected chi connectivity index (χ2v) is 9.42. The van der Waals surface area contributed by atoms with Crippen LogP contribution in [0.4, 0.5) is 0 Å². The van der Waals surface area contributed by atoms with Crippen molar-refractivity contribution in [3.63, 3.8) is 0 Å². The highest BCUT2D eigenvalue weighted by Crippen LogP contribution is 2.40. The van der Waals surface area contributed by atoms with Gasteiger partial charge >= 0.3 is 0 Å². The van der Waals surface area contributed by atoms with Gasteiger partial charge in [-0.05, 0) is 49.4 Å². The Morgan fingerprint density at radius 3 is 2.48 bits per heavy atom. The summed E-state index contributed by atoms with van der Waals surface area (Å²) < 4.78 is 0.825. The molecule has 0 spiro atoms. The molecule has 3 fully saturated rings. The van der Waals surface area contributed by atoms with E-state index in [2.05, 4.69) is 21.2 Å². The van der Waals surface area contributed by atoms with Gasteiger partial charge in [0.25, 0.3) is 5.91 Å². The van der Waals surface area contributed by atoms with Gasteiger partial charge in [0.15, 0.2) is 17.1 Å². The molecule has 3 saturated carbocycles. The van der Waals surface area contributed by atoms with Gasteiger partial charge in [-0.25, -0.2) is 4.98 Å². The topological polar surface area (TPSA) is 76.1 Å². The van der Waals surface area contributed by atoms with Crippen molar-refractivity contribution >= 4 is 44.3 Å². The highest BCUT2D eigenvalue weighted by atomic mass is 79.9. The second-order valence-electron chi connectivity index (χ2n) is 8.51. The first-order valence-corrected chi connectivity index (χ1v) is 11.2. The van der Waals surface area contributed by atoms with Gasteiger partial charge in [0.2, 0.25) is 0 Å². The van der Waals surface area contributed by atoms with Crippen LogP contribution in [0, 0.1) is 12.8 Å². The van der Waals surface area contributed by atoms with E-state index in [-0.39, 0.29) is 17.5 Å². The molecule has 0 unspecified atom stereocenters. The van der Waals surface area contributed by atoms with Gasteiger partial charge in [0.05, 0.1) is 16.8 Å². The van der Waals surface area contributed by atoms with Gasteiger partial charge in [-0.2, -0.15) is 0 Å². The molecule has 3 aliphatic rings. The number of Topliss-reactive ketones (excluding diaryl/α,β-unsaturated/α-hetero) is 2. The number of amides is 1. The van der Waals surface area contributed by atoms with Gasteiger partial charge in [0.1, 0.15) is 0 Å². The molecule has 2 bridgehead atoms. The predicted molar refractivity (Wildman–Crippen MR) is 122 cm³/mol. The Hall–Kier alpha value is -2.86. The van der Waals surface area contributed by atoms with Crippen molar-refractivity contribution in [2.24, 2.45) is 5.92 Å². The highest BCUT2D eigenvalue weighted by molar-refractivity contribution is 9.10. The molecule has 1 aromatic heterocycles. The molecule has 1 heterocycles. The Bertz CT molecular complexity index is 1230. The molecule has 6 rings (SSSR count). The number of rotatable bonds is 3. The van der Waals surface area contributed by atoms with E-state index in [1.807, 2.05) is 55.5 Å². The molecular weight excluding hydrogens is 456 g/mol. The third-order valence-corrected chi connectivity index (χ3v) is 7.11. The maximum atomic E-state index is 13.7. The lowest BCUT2D eigenvalue weighted by molar-refractivity contribution is -0.145. The van der Waals surface area contributed by atoms with Crippen molar-refractivity contribution in [1.29, 1.82) is 0 Å². The molecule has 1 N–H and O–H groups in total. The van der Waals surface area contributed by atoms with Crippen molar-refractivity contribution < 1.29 is 14.4 Å². The Balaban J connectivity index is 1.67. The summed E-state index contributed by atoms with van der Waals surface area (Å²) in [6, 6.07) is 15.3. The fraction of sp³-hybridized carbons (Fsp3) is 0.280. The summed E-state index contributed by atoms with van der Waals surface area (Å²) in [4.78, 5) is 44.1. The van der Waals surface area contributed by atoms with Gasteiger partial charge in [-0.15, -0.1) is 0 Å². The van der Waals surface area contributed by atoms with Crippen molar-refractivity contribution in [2.45, 2.75) is 38.1 Å². The summed E-state index contributed by atoms with van der Waals surface area (Å²) in [5, 5.41) is 3.57. The molecule has 31 heavy (non-hydrogen) atoms. The lowest BCUT2D eigenvalue weighted by Crippen LogP contribution is -2.65. The Morgan fingerprint density at radius 2 is 1.81 bits per heavy atom. The van der Waals surface area contributed by atoms with Gasteiger partial charge in [-0.3, -0.25) is 14.4 Å². The van der Waals surface area contributed by atoms with E-state index in [1.165, 1.54) is 0 Å². The molecule has 3 aliphatic carbocycles.